The minimum atomic E-state index is 0.375. The van der Waals surface area contributed by atoms with Gasteiger partial charge < -0.3 is 0 Å². The van der Waals surface area contributed by atoms with Crippen molar-refractivity contribution in [3.63, 3.8) is 0 Å². The highest BCUT2D eigenvalue weighted by atomic mass is 14.2. The van der Waals surface area contributed by atoms with Crippen molar-refractivity contribution in [3.8, 4) is 11.1 Å². The van der Waals surface area contributed by atoms with Gasteiger partial charge in [-0.15, -0.1) is 0 Å². The minimum Gasteiger partial charge on any atom is -0.0667 e. The van der Waals surface area contributed by atoms with E-state index in [0.29, 0.717) is 6.71 Å². The molecule has 2 heterocycles. The van der Waals surface area contributed by atoms with E-state index in [1.54, 1.807) is 0 Å². The topological polar surface area (TPSA) is 0 Å². The van der Waals surface area contributed by atoms with Gasteiger partial charge in [0.2, 0.25) is 6.71 Å². The predicted octanol–water partition coefficient (Wildman–Crippen LogP) is 3.24. The average molecular weight is 302 g/mol. The van der Waals surface area contributed by atoms with E-state index in [2.05, 4.69) is 78.9 Å². The molecule has 0 bridgehead atoms. The molecule has 6 rings (SSSR count). The first-order chi connectivity index (χ1) is 11.9. The molecular weight excluding hydrogens is 287 g/mol. The summed E-state index contributed by atoms with van der Waals surface area (Å²) in [4.78, 5) is 0. The van der Waals surface area contributed by atoms with Gasteiger partial charge in [0.15, 0.2) is 0 Å². The summed E-state index contributed by atoms with van der Waals surface area (Å²) in [7, 11) is 0. The van der Waals surface area contributed by atoms with E-state index in [-0.39, 0.29) is 0 Å². The lowest BCUT2D eigenvalue weighted by atomic mass is 9.31. The maximum Gasteiger partial charge on any atom is 0.243 e. The van der Waals surface area contributed by atoms with Crippen molar-refractivity contribution in [1.29, 1.82) is 0 Å². The molecular formula is C23H15B. The van der Waals surface area contributed by atoms with E-state index in [1.165, 1.54) is 49.4 Å². The number of hydrogen-bond acceptors (Lipinski definition) is 0. The molecule has 0 fully saturated rings. The molecule has 2 aliphatic rings. The maximum absolute atomic E-state index is 2.33. The maximum atomic E-state index is 2.33. The first kappa shape index (κ1) is 12.6. The van der Waals surface area contributed by atoms with Crippen LogP contribution in [0.5, 0.6) is 0 Å². The molecule has 0 atom stereocenters. The standard InChI is InChI=1S/C23H15B/c1-2-12-20-16(6-1)14-17-9-4-11-19-18-10-3-7-15-8-5-13-21(22(15)18)24(20)23(17)19/h1-13H,14H2. The lowest BCUT2D eigenvalue weighted by molar-refractivity contribution is 1.21. The second kappa shape index (κ2) is 4.39. The highest BCUT2D eigenvalue weighted by Crippen LogP contribution is 2.33. The fraction of sp³-hybridized carbons (Fsp3) is 0.0435. The number of benzene rings is 4. The molecule has 0 radical (unpaired) electrons. The van der Waals surface area contributed by atoms with Crippen LogP contribution in [0.15, 0.2) is 78.9 Å². The largest absolute Gasteiger partial charge is 0.243 e. The van der Waals surface area contributed by atoms with Gasteiger partial charge in [-0.3, -0.25) is 0 Å². The van der Waals surface area contributed by atoms with Crippen LogP contribution in [0.3, 0.4) is 0 Å². The summed E-state index contributed by atoms with van der Waals surface area (Å²) in [6.07, 6.45) is 1.05. The number of fused-ring (bicyclic) bond motifs is 4. The average Bonchev–Trinajstić information content (AvgIpc) is 2.64. The van der Waals surface area contributed by atoms with Crippen molar-refractivity contribution in [3.05, 3.63) is 90.0 Å². The summed E-state index contributed by atoms with van der Waals surface area (Å²) in [5, 5.41) is 2.79. The van der Waals surface area contributed by atoms with Gasteiger partial charge in [0, 0.05) is 0 Å². The highest BCUT2D eigenvalue weighted by molar-refractivity contribution is 6.99. The summed E-state index contributed by atoms with van der Waals surface area (Å²) in [6, 6.07) is 29.3. The smallest absolute Gasteiger partial charge is 0.0667 e. The van der Waals surface area contributed by atoms with E-state index in [9.17, 15) is 0 Å². The molecule has 0 aliphatic carbocycles. The van der Waals surface area contributed by atoms with Crippen molar-refractivity contribution in [1.82, 2.24) is 0 Å². The summed E-state index contributed by atoms with van der Waals surface area (Å²) >= 11 is 0. The molecule has 24 heavy (non-hydrogen) atoms. The second-order valence-electron chi connectivity index (χ2n) is 6.94. The summed E-state index contributed by atoms with van der Waals surface area (Å²) < 4.78 is 0. The Labute approximate surface area is 141 Å². The third-order valence-electron chi connectivity index (χ3n) is 5.77. The Kier molecular flexibility index (Phi) is 2.31. The number of hydrogen-bond donors (Lipinski definition) is 0. The van der Waals surface area contributed by atoms with Crippen LogP contribution in [0.1, 0.15) is 11.1 Å². The molecule has 0 aromatic heterocycles. The van der Waals surface area contributed by atoms with Crippen LogP contribution in [-0.4, -0.2) is 6.71 Å². The Hall–Kier alpha value is -2.80. The van der Waals surface area contributed by atoms with Crippen molar-refractivity contribution >= 4 is 33.9 Å². The Morgan fingerprint density at radius 2 is 1.29 bits per heavy atom. The van der Waals surface area contributed by atoms with Gasteiger partial charge in [0.05, 0.1) is 0 Å². The van der Waals surface area contributed by atoms with Crippen LogP contribution in [-0.2, 0) is 6.42 Å². The van der Waals surface area contributed by atoms with Crippen molar-refractivity contribution < 1.29 is 0 Å². The summed E-state index contributed by atoms with van der Waals surface area (Å²) in [5.74, 6) is 0. The Morgan fingerprint density at radius 3 is 2.25 bits per heavy atom. The third-order valence-corrected chi connectivity index (χ3v) is 5.77. The van der Waals surface area contributed by atoms with E-state index in [0.717, 1.165) is 6.42 Å². The van der Waals surface area contributed by atoms with Crippen LogP contribution < -0.4 is 16.4 Å². The van der Waals surface area contributed by atoms with Crippen LogP contribution in [0, 0.1) is 0 Å². The molecule has 0 spiro atoms. The molecule has 0 saturated heterocycles. The summed E-state index contributed by atoms with van der Waals surface area (Å²) in [6.45, 7) is 0.375. The number of rotatable bonds is 0. The first-order valence-electron chi connectivity index (χ1n) is 8.63. The fourth-order valence-electron chi connectivity index (χ4n) is 4.84. The third kappa shape index (κ3) is 1.45. The zero-order valence-electron chi connectivity index (χ0n) is 13.3. The lowest BCUT2D eigenvalue weighted by Crippen LogP contribution is -2.59. The molecule has 0 amide bonds. The van der Waals surface area contributed by atoms with E-state index < -0.39 is 0 Å². The van der Waals surface area contributed by atoms with Gasteiger partial charge in [0.1, 0.15) is 0 Å². The Balaban J connectivity index is 1.85. The summed E-state index contributed by atoms with van der Waals surface area (Å²) in [5.41, 5.74) is 10.3. The van der Waals surface area contributed by atoms with Crippen molar-refractivity contribution in [2.24, 2.45) is 0 Å². The van der Waals surface area contributed by atoms with Gasteiger partial charge in [-0.1, -0.05) is 95.3 Å². The van der Waals surface area contributed by atoms with Gasteiger partial charge in [-0.05, 0) is 39.4 Å². The monoisotopic (exact) mass is 302 g/mol. The zero-order valence-corrected chi connectivity index (χ0v) is 13.3. The van der Waals surface area contributed by atoms with Gasteiger partial charge in [0.25, 0.3) is 0 Å². The molecule has 110 valence electrons. The predicted molar refractivity (Wildman–Crippen MR) is 103 cm³/mol. The van der Waals surface area contributed by atoms with Gasteiger partial charge in [-0.25, -0.2) is 0 Å². The molecule has 0 nitrogen and oxygen atoms in total. The Morgan fingerprint density at radius 1 is 0.583 bits per heavy atom. The lowest BCUT2D eigenvalue weighted by Gasteiger charge is -2.33. The molecule has 0 saturated carbocycles. The Bertz CT molecular complexity index is 1130. The zero-order chi connectivity index (χ0) is 15.7. The molecule has 0 unspecified atom stereocenters. The second-order valence-corrected chi connectivity index (χ2v) is 6.94. The molecule has 0 N–H and O–H groups in total. The van der Waals surface area contributed by atoms with Crippen LogP contribution >= 0.6 is 0 Å². The first-order valence-corrected chi connectivity index (χ1v) is 8.63. The van der Waals surface area contributed by atoms with Crippen molar-refractivity contribution in [2.45, 2.75) is 6.42 Å². The molecule has 4 aromatic rings. The van der Waals surface area contributed by atoms with Crippen LogP contribution in [0.4, 0.5) is 0 Å². The van der Waals surface area contributed by atoms with Gasteiger partial charge in [-0.2, -0.15) is 0 Å². The van der Waals surface area contributed by atoms with Crippen molar-refractivity contribution in [2.75, 3.05) is 0 Å². The van der Waals surface area contributed by atoms with Gasteiger partial charge >= 0.3 is 0 Å². The van der Waals surface area contributed by atoms with E-state index in [4.69, 9.17) is 0 Å². The minimum absolute atomic E-state index is 0.375. The van der Waals surface area contributed by atoms with Crippen LogP contribution in [0.2, 0.25) is 0 Å². The molecule has 2 aliphatic heterocycles. The highest BCUT2D eigenvalue weighted by Gasteiger charge is 2.36. The molecule has 1 heteroatoms. The quantitative estimate of drug-likeness (QED) is 0.378. The van der Waals surface area contributed by atoms with E-state index in [1.807, 2.05) is 0 Å². The van der Waals surface area contributed by atoms with E-state index >= 15 is 0 Å². The SMILES string of the molecule is c1ccc2c(c1)Cc1cccc3c1B2c1cccc2cccc-3c12. The fourth-order valence-corrected chi connectivity index (χ4v) is 4.84. The molecule has 4 aromatic carbocycles. The van der Waals surface area contributed by atoms with Crippen LogP contribution in [0.25, 0.3) is 21.9 Å². The normalized spacial score (nSPS) is 13.6.